The van der Waals surface area contributed by atoms with Crippen LogP contribution < -0.4 is 0 Å². The van der Waals surface area contributed by atoms with E-state index in [1.54, 1.807) is 7.11 Å². The van der Waals surface area contributed by atoms with E-state index in [4.69, 9.17) is 16.4 Å². The van der Waals surface area contributed by atoms with Gasteiger partial charge in [0.25, 0.3) is 5.91 Å². The second-order valence-electron chi connectivity index (χ2n) is 6.42. The first-order valence-corrected chi connectivity index (χ1v) is 8.25. The molecular formula is C18H22ClN2O2. The highest BCUT2D eigenvalue weighted by molar-refractivity contribution is 6.31. The lowest BCUT2D eigenvalue weighted by Gasteiger charge is -2.41. The van der Waals surface area contributed by atoms with E-state index in [9.17, 15) is 4.79 Å². The predicted molar refractivity (Wildman–Crippen MR) is 90.9 cm³/mol. The summed E-state index contributed by atoms with van der Waals surface area (Å²) in [4.78, 5) is 20.0. The van der Waals surface area contributed by atoms with Crippen molar-refractivity contribution in [3.63, 3.8) is 0 Å². The molecule has 0 unspecified atom stereocenters. The van der Waals surface area contributed by atoms with Crippen LogP contribution in [-0.2, 0) is 9.63 Å². The van der Waals surface area contributed by atoms with Gasteiger partial charge in [0.1, 0.15) is 0 Å². The molecule has 1 aromatic rings. The molecule has 1 radical (unpaired) electrons. The van der Waals surface area contributed by atoms with E-state index >= 15 is 0 Å². The Kier molecular flexibility index (Phi) is 4.25. The van der Waals surface area contributed by atoms with Crippen LogP contribution in [0.25, 0.3) is 5.57 Å². The van der Waals surface area contributed by atoms with E-state index in [0.717, 1.165) is 42.6 Å². The summed E-state index contributed by atoms with van der Waals surface area (Å²) in [5, 5.41) is 2.63. The Hall–Kier alpha value is -1.36. The van der Waals surface area contributed by atoms with Gasteiger partial charge in [0.2, 0.25) is 0 Å². The van der Waals surface area contributed by atoms with Crippen molar-refractivity contribution in [2.45, 2.75) is 32.2 Å². The minimum atomic E-state index is -0.319. The number of carbonyl (C=O) groups is 1. The Bertz CT molecular complexity index is 653. The van der Waals surface area contributed by atoms with E-state index in [2.05, 4.69) is 6.08 Å². The molecule has 23 heavy (non-hydrogen) atoms. The molecule has 2 aliphatic heterocycles. The number of carbonyl (C=O) groups excluding carboxylic acids is 1. The summed E-state index contributed by atoms with van der Waals surface area (Å²) in [6.07, 6.45) is 5.20. The molecule has 1 fully saturated rings. The van der Waals surface area contributed by atoms with Crippen molar-refractivity contribution in [3.05, 3.63) is 39.9 Å². The van der Waals surface area contributed by atoms with Crippen molar-refractivity contribution in [2.24, 2.45) is 0 Å². The number of likely N-dealkylation sites (N-methyl/N-ethyl adjacent to an activating group) is 1. The zero-order chi connectivity index (χ0) is 16.8. The van der Waals surface area contributed by atoms with Gasteiger partial charge in [0.15, 0.2) is 0 Å². The van der Waals surface area contributed by atoms with E-state index < -0.39 is 0 Å². The van der Waals surface area contributed by atoms with Gasteiger partial charge in [0.05, 0.1) is 18.2 Å². The van der Waals surface area contributed by atoms with E-state index in [1.807, 2.05) is 43.0 Å². The lowest BCUT2D eigenvalue weighted by atomic mass is 9.86. The average molecular weight is 334 g/mol. The molecule has 1 aromatic carbocycles. The smallest absolute Gasteiger partial charge is 0.255 e. The molecule has 5 heteroatoms. The van der Waals surface area contributed by atoms with Crippen LogP contribution in [0.4, 0.5) is 0 Å². The molecule has 0 bridgehead atoms. The van der Waals surface area contributed by atoms with Crippen LogP contribution in [-0.4, -0.2) is 48.7 Å². The SMILES string of the molecule is CON1CCC2([C]=C(c3c(C)cc(Cl)cc3C)C(=O)N2C)CC1. The summed E-state index contributed by atoms with van der Waals surface area (Å²) >= 11 is 6.12. The molecule has 123 valence electrons. The molecule has 1 spiro atoms. The molecular weight excluding hydrogens is 312 g/mol. The lowest BCUT2D eigenvalue weighted by molar-refractivity contribution is -0.159. The Morgan fingerprint density at radius 3 is 2.30 bits per heavy atom. The average Bonchev–Trinajstić information content (AvgIpc) is 2.73. The molecule has 0 atom stereocenters. The van der Waals surface area contributed by atoms with Crippen molar-refractivity contribution >= 4 is 23.1 Å². The van der Waals surface area contributed by atoms with Gasteiger partial charge >= 0.3 is 0 Å². The summed E-state index contributed by atoms with van der Waals surface area (Å²) in [7, 11) is 3.57. The van der Waals surface area contributed by atoms with Crippen molar-refractivity contribution in [3.8, 4) is 0 Å². The monoisotopic (exact) mass is 333 g/mol. The maximum absolute atomic E-state index is 12.9. The number of hydroxylamine groups is 2. The summed E-state index contributed by atoms with van der Waals surface area (Å²) in [6.45, 7) is 5.59. The van der Waals surface area contributed by atoms with Gasteiger partial charge < -0.3 is 9.74 Å². The Morgan fingerprint density at radius 1 is 1.22 bits per heavy atom. The van der Waals surface area contributed by atoms with Gasteiger partial charge in [-0.1, -0.05) is 11.6 Å². The van der Waals surface area contributed by atoms with Crippen LogP contribution in [0.15, 0.2) is 12.1 Å². The zero-order valence-electron chi connectivity index (χ0n) is 14.1. The number of aryl methyl sites for hydroxylation is 2. The fourth-order valence-electron chi connectivity index (χ4n) is 3.71. The Balaban J connectivity index is 2.01. The molecule has 4 nitrogen and oxygen atoms in total. The normalized spacial score (nSPS) is 21.2. The molecule has 0 N–H and O–H groups in total. The second-order valence-corrected chi connectivity index (χ2v) is 6.86. The van der Waals surface area contributed by atoms with Crippen LogP contribution in [0.3, 0.4) is 0 Å². The predicted octanol–water partition coefficient (Wildman–Crippen LogP) is 3.01. The summed E-state index contributed by atoms with van der Waals surface area (Å²) < 4.78 is 0. The molecule has 3 rings (SSSR count). The minimum Gasteiger partial charge on any atom is -0.332 e. The zero-order valence-corrected chi connectivity index (χ0v) is 14.8. The first kappa shape index (κ1) is 16.5. The first-order valence-electron chi connectivity index (χ1n) is 7.87. The van der Waals surface area contributed by atoms with Crippen LogP contribution in [0.5, 0.6) is 0 Å². The molecule has 1 saturated heterocycles. The van der Waals surface area contributed by atoms with Crippen LogP contribution in [0.1, 0.15) is 29.5 Å². The van der Waals surface area contributed by atoms with Gasteiger partial charge in [0, 0.05) is 25.2 Å². The van der Waals surface area contributed by atoms with Crippen LogP contribution in [0.2, 0.25) is 5.02 Å². The maximum Gasteiger partial charge on any atom is 0.255 e. The number of piperidine rings is 1. The highest BCUT2D eigenvalue weighted by atomic mass is 35.5. The number of benzene rings is 1. The van der Waals surface area contributed by atoms with Crippen LogP contribution >= 0.6 is 11.6 Å². The van der Waals surface area contributed by atoms with Crippen LogP contribution in [0, 0.1) is 19.9 Å². The van der Waals surface area contributed by atoms with Crippen molar-refractivity contribution in [1.29, 1.82) is 0 Å². The lowest BCUT2D eigenvalue weighted by Crippen LogP contribution is -2.51. The molecule has 0 aromatic heterocycles. The minimum absolute atomic E-state index is 0.0457. The third-order valence-electron chi connectivity index (χ3n) is 5.07. The Labute approximate surface area is 142 Å². The largest absolute Gasteiger partial charge is 0.332 e. The maximum atomic E-state index is 12.9. The van der Waals surface area contributed by atoms with Gasteiger partial charge in [-0.2, -0.15) is 5.06 Å². The standard InChI is InChI=1S/C18H22ClN2O2/c1-12-9-14(19)10-13(2)16(12)15-11-18(20(3)17(15)22)5-7-21(23-4)8-6-18/h9-10H,5-8H2,1-4H3. The second kappa shape index (κ2) is 5.93. The summed E-state index contributed by atoms with van der Waals surface area (Å²) in [5.41, 5.74) is 3.37. The first-order chi connectivity index (χ1) is 10.9. The fraction of sp³-hybridized carbons (Fsp3) is 0.500. The van der Waals surface area contributed by atoms with E-state index in [-0.39, 0.29) is 11.4 Å². The number of rotatable bonds is 2. The third-order valence-corrected chi connectivity index (χ3v) is 5.29. The third kappa shape index (κ3) is 2.69. The quantitative estimate of drug-likeness (QED) is 0.834. The number of hydrogen-bond acceptors (Lipinski definition) is 3. The van der Waals surface area contributed by atoms with Gasteiger partial charge in [-0.25, -0.2) is 0 Å². The topological polar surface area (TPSA) is 32.8 Å². The molecule has 1 amide bonds. The van der Waals surface area contributed by atoms with Gasteiger partial charge in [-0.05, 0) is 61.6 Å². The molecule has 2 heterocycles. The molecule has 2 aliphatic rings. The van der Waals surface area contributed by atoms with E-state index in [1.165, 1.54) is 0 Å². The highest BCUT2D eigenvalue weighted by Crippen LogP contribution is 2.40. The molecule has 0 aliphatic carbocycles. The van der Waals surface area contributed by atoms with Gasteiger partial charge in [-0.3, -0.25) is 4.79 Å². The van der Waals surface area contributed by atoms with Crippen molar-refractivity contribution in [1.82, 2.24) is 9.96 Å². The number of halogens is 1. The van der Waals surface area contributed by atoms with Crippen molar-refractivity contribution < 1.29 is 9.63 Å². The molecule has 0 saturated carbocycles. The summed E-state index contributed by atoms with van der Waals surface area (Å²) in [6, 6.07) is 3.81. The number of amides is 1. The highest BCUT2D eigenvalue weighted by Gasteiger charge is 2.46. The number of hydrogen-bond donors (Lipinski definition) is 0. The number of nitrogens with zero attached hydrogens (tertiary/aromatic N) is 2. The van der Waals surface area contributed by atoms with Gasteiger partial charge in [-0.15, -0.1) is 0 Å². The van der Waals surface area contributed by atoms with E-state index in [0.29, 0.717) is 10.6 Å². The fourth-order valence-corrected chi connectivity index (χ4v) is 4.03. The van der Waals surface area contributed by atoms with Crippen molar-refractivity contribution in [2.75, 3.05) is 27.2 Å². The Morgan fingerprint density at radius 2 is 1.78 bits per heavy atom. The summed E-state index contributed by atoms with van der Waals surface area (Å²) in [5.74, 6) is 0.0457.